The molecule has 1 aliphatic rings. The Morgan fingerprint density at radius 2 is 1.16 bits per heavy atom. The molecule has 0 heterocycles. The molecule has 164 valence electrons. The summed E-state index contributed by atoms with van der Waals surface area (Å²) < 4.78 is 1.68. The third-order valence-corrected chi connectivity index (χ3v) is 5.45. The van der Waals surface area contributed by atoms with Gasteiger partial charge in [-0.3, -0.25) is 0 Å². The van der Waals surface area contributed by atoms with Crippen LogP contribution in [0.3, 0.4) is 0 Å². The molecule has 2 nitrogen and oxygen atoms in total. The predicted molar refractivity (Wildman–Crippen MR) is 137 cm³/mol. The van der Waals surface area contributed by atoms with Gasteiger partial charge in [0.1, 0.15) is 0 Å². The van der Waals surface area contributed by atoms with Gasteiger partial charge in [-0.25, -0.2) is 0 Å². The Labute approximate surface area is 200 Å². The Kier molecular flexibility index (Phi) is 21.3. The average Bonchev–Trinajstić information content (AvgIpc) is 3.33. The molecule has 0 spiro atoms. The van der Waals surface area contributed by atoms with Crippen molar-refractivity contribution in [2.45, 2.75) is 24.5 Å². The second-order valence-corrected chi connectivity index (χ2v) is 8.49. The Morgan fingerprint density at radius 1 is 0.742 bits per heavy atom. The van der Waals surface area contributed by atoms with Gasteiger partial charge in [-0.05, 0) is 24.0 Å². The van der Waals surface area contributed by atoms with Crippen molar-refractivity contribution < 1.29 is 19.2 Å². The topological polar surface area (TPSA) is 28.2 Å². The minimum absolute atomic E-state index is 0.292. The first kappa shape index (κ1) is 29.0. The molecule has 0 saturated heterocycles. The van der Waals surface area contributed by atoms with Crippen LogP contribution in [0.2, 0.25) is 5.23 Å². The predicted octanol–water partition coefficient (Wildman–Crippen LogP) is 7.78. The molecule has 31 heavy (non-hydrogen) atoms. The van der Waals surface area contributed by atoms with Crippen LogP contribution in [0.5, 0.6) is 0 Å². The van der Waals surface area contributed by atoms with Crippen molar-refractivity contribution in [2.24, 2.45) is 0 Å². The molecular formula is C28H38N2Ti. The molecule has 0 radical (unpaired) electrons. The fourth-order valence-electron chi connectivity index (χ4n) is 2.43. The number of nitrogens with zero attached hydrogens (tertiary/aromatic N) is 2. The molecular weight excluding hydrogens is 412 g/mol. The zero-order valence-corrected chi connectivity index (χ0v) is 21.4. The molecule has 0 aromatic heterocycles. The van der Waals surface area contributed by atoms with Gasteiger partial charge in [-0.2, -0.15) is 28.2 Å². The Bertz CT molecular complexity index is 696. The SMILES string of the molecule is C(C=CCc1ccccc1)=CCc1ccccc1.C[N-]C.C[N-]C.[CH3][Ti+2][C]1=CC=CC1. The molecule has 1 aliphatic carbocycles. The molecule has 2 aromatic rings. The standard InChI is InChI=1S/C18H18.C5H5.2C2H6N.CH3.Ti/c1(5-11-17-13-7-3-8-14-17)2-6-12-18-15-9-4-10-16-18;1-2-4-5-3-1;2*1-3-2;;/h1-10,13-16H,11-12H2;1-3H,4H2;2*1-2H3;1H3;/q;;2*-1;;+2. The summed E-state index contributed by atoms with van der Waals surface area (Å²) in [6.07, 6.45) is 18.5. The van der Waals surface area contributed by atoms with Crippen LogP contribution in [0, 0.1) is 0 Å². The van der Waals surface area contributed by atoms with Gasteiger partial charge >= 0.3 is 52.9 Å². The van der Waals surface area contributed by atoms with Crippen molar-refractivity contribution in [3.63, 3.8) is 0 Å². The van der Waals surface area contributed by atoms with Crippen LogP contribution < -0.4 is 0 Å². The van der Waals surface area contributed by atoms with Gasteiger partial charge < -0.3 is 10.6 Å². The summed E-state index contributed by atoms with van der Waals surface area (Å²) in [7, 11) is 7.00. The van der Waals surface area contributed by atoms with Crippen LogP contribution in [-0.2, 0) is 32.0 Å². The molecule has 0 fully saturated rings. The fourth-order valence-corrected chi connectivity index (χ4v) is 3.34. The van der Waals surface area contributed by atoms with Crippen molar-refractivity contribution in [1.82, 2.24) is 0 Å². The van der Waals surface area contributed by atoms with Gasteiger partial charge in [0.15, 0.2) is 0 Å². The third-order valence-electron chi connectivity index (χ3n) is 3.87. The molecule has 3 heteroatoms. The quantitative estimate of drug-likeness (QED) is 0.318. The van der Waals surface area contributed by atoms with Crippen LogP contribution >= 0.6 is 0 Å². The van der Waals surface area contributed by atoms with Crippen LogP contribution in [0.15, 0.2) is 107 Å². The van der Waals surface area contributed by atoms with E-state index < -0.39 is 0 Å². The molecule has 0 N–H and O–H groups in total. The summed E-state index contributed by atoms with van der Waals surface area (Å²) in [6.45, 7) is 0. The molecule has 3 rings (SSSR count). The number of hydrogen-bond acceptors (Lipinski definition) is 0. The molecule has 0 unspecified atom stereocenters. The van der Waals surface area contributed by atoms with Crippen LogP contribution in [0.25, 0.3) is 10.6 Å². The molecule has 0 aliphatic heterocycles. The Balaban J connectivity index is 0.000000569. The average molecular weight is 450 g/mol. The third kappa shape index (κ3) is 18.5. The summed E-state index contributed by atoms with van der Waals surface area (Å²) in [6, 6.07) is 21.0. The maximum atomic E-state index is 3.50. The van der Waals surface area contributed by atoms with Gasteiger partial charge in [0.05, 0.1) is 0 Å². The van der Waals surface area contributed by atoms with Gasteiger partial charge in [0, 0.05) is 0 Å². The number of rotatable bonds is 6. The van der Waals surface area contributed by atoms with E-state index >= 15 is 0 Å². The van der Waals surface area contributed by atoms with Gasteiger partial charge in [0.25, 0.3) is 0 Å². The second kappa shape index (κ2) is 22.7. The van der Waals surface area contributed by atoms with Gasteiger partial charge in [-0.1, -0.05) is 85.0 Å². The van der Waals surface area contributed by atoms with E-state index in [1.54, 1.807) is 32.1 Å². The summed E-state index contributed by atoms with van der Waals surface area (Å²) >= 11 is 0.292. The van der Waals surface area contributed by atoms with E-state index in [0.29, 0.717) is 19.2 Å². The number of hydrogen-bond donors (Lipinski definition) is 0. The van der Waals surface area contributed by atoms with Crippen molar-refractivity contribution in [1.29, 1.82) is 0 Å². The number of benzene rings is 2. The van der Waals surface area contributed by atoms with Gasteiger partial charge in [0.2, 0.25) is 0 Å². The monoisotopic (exact) mass is 450 g/mol. The van der Waals surface area contributed by atoms with Crippen molar-refractivity contribution in [3.8, 4) is 0 Å². The van der Waals surface area contributed by atoms with E-state index in [0.717, 1.165) is 12.8 Å². The summed E-state index contributed by atoms with van der Waals surface area (Å²) in [5, 5.41) is 9.32. The van der Waals surface area contributed by atoms with Crippen molar-refractivity contribution in [3.05, 3.63) is 129 Å². The molecule has 0 saturated carbocycles. The zero-order chi connectivity index (χ0) is 23.0. The molecule has 0 bridgehead atoms. The Morgan fingerprint density at radius 3 is 1.45 bits per heavy atom. The second-order valence-electron chi connectivity index (χ2n) is 6.70. The van der Waals surface area contributed by atoms with Crippen LogP contribution in [0.4, 0.5) is 0 Å². The van der Waals surface area contributed by atoms with E-state index in [4.69, 9.17) is 0 Å². The first-order chi connectivity index (χ1) is 15.2. The van der Waals surface area contributed by atoms with E-state index in [1.165, 1.54) is 17.5 Å². The first-order valence-electron chi connectivity index (χ1n) is 10.6. The van der Waals surface area contributed by atoms with E-state index in [1.807, 2.05) is 12.1 Å². The molecule has 0 atom stereocenters. The molecule has 2 aromatic carbocycles. The van der Waals surface area contributed by atoms with Crippen LogP contribution in [0.1, 0.15) is 17.5 Å². The fraction of sp³-hybridized carbons (Fsp3) is 0.286. The maximum absolute atomic E-state index is 3.50. The summed E-state index contributed by atoms with van der Waals surface area (Å²) in [4.78, 5) is 0. The Hall–Kier alpha value is -1.97. The van der Waals surface area contributed by atoms with Crippen LogP contribution in [-0.4, -0.2) is 28.2 Å². The van der Waals surface area contributed by atoms with E-state index in [9.17, 15) is 0 Å². The van der Waals surface area contributed by atoms with E-state index in [-0.39, 0.29) is 0 Å². The normalized spacial score (nSPS) is 11.5. The summed E-state index contributed by atoms with van der Waals surface area (Å²) in [5.74, 6) is 0. The molecule has 0 amide bonds. The number of allylic oxidation sites excluding steroid dienone is 8. The zero-order valence-electron chi connectivity index (χ0n) is 19.8. The van der Waals surface area contributed by atoms with E-state index in [2.05, 4.69) is 107 Å². The van der Waals surface area contributed by atoms with Crippen molar-refractivity contribution in [2.75, 3.05) is 28.2 Å². The first-order valence-corrected chi connectivity index (χ1v) is 12.9. The minimum atomic E-state index is 0.292. The van der Waals surface area contributed by atoms with Gasteiger partial charge in [-0.15, -0.1) is 0 Å². The van der Waals surface area contributed by atoms with Crippen molar-refractivity contribution >= 4 is 0 Å². The summed E-state index contributed by atoms with van der Waals surface area (Å²) in [5.41, 5.74) is 2.70.